The minimum absolute atomic E-state index is 0.110. The van der Waals surface area contributed by atoms with Gasteiger partial charge in [-0.1, -0.05) is 121 Å². The summed E-state index contributed by atoms with van der Waals surface area (Å²) in [5, 5.41) is 14.8. The molecule has 4 aliphatic rings. The first-order valence-corrected chi connectivity index (χ1v) is 18.4. The zero-order valence-electron chi connectivity index (χ0n) is 30.6. The van der Waals surface area contributed by atoms with Gasteiger partial charge in [0.25, 0.3) is 0 Å². The van der Waals surface area contributed by atoms with Gasteiger partial charge in [-0.2, -0.15) is 0 Å². The van der Waals surface area contributed by atoms with Gasteiger partial charge in [-0.05, 0) is 62.8 Å². The van der Waals surface area contributed by atoms with Crippen LogP contribution in [0.5, 0.6) is 0 Å². The smallest absolute Gasteiger partial charge is 0.414 e. The molecule has 2 fully saturated rings. The summed E-state index contributed by atoms with van der Waals surface area (Å²) in [5.74, 6) is 0.0276. The van der Waals surface area contributed by atoms with Crippen LogP contribution in [0.1, 0.15) is 62.8 Å². The van der Waals surface area contributed by atoms with E-state index in [0.29, 0.717) is 23.9 Å². The highest BCUT2D eigenvalue weighted by molar-refractivity contribution is 6.27. The normalized spacial score (nSPS) is 20.6. The van der Waals surface area contributed by atoms with E-state index in [0.717, 1.165) is 26.2 Å². The number of carboxylic acids is 2. The molecular formula is C44H50N4O4. The van der Waals surface area contributed by atoms with Crippen molar-refractivity contribution in [2.45, 2.75) is 63.5 Å². The first-order valence-electron chi connectivity index (χ1n) is 18.4. The highest BCUT2D eigenvalue weighted by Gasteiger charge is 2.61. The largest absolute Gasteiger partial charge is 0.473 e. The molecule has 2 unspecified atom stereocenters. The molecule has 2 saturated carbocycles. The Balaban J connectivity index is 0.000000155. The van der Waals surface area contributed by atoms with E-state index in [9.17, 15) is 0 Å². The molecule has 4 aromatic carbocycles. The van der Waals surface area contributed by atoms with E-state index < -0.39 is 11.9 Å². The predicted molar refractivity (Wildman–Crippen MR) is 207 cm³/mol. The molecule has 0 saturated heterocycles. The van der Waals surface area contributed by atoms with Gasteiger partial charge in [0.15, 0.2) is 0 Å². The summed E-state index contributed by atoms with van der Waals surface area (Å²) in [7, 11) is 0. The average Bonchev–Trinajstić information content (AvgIpc) is 3.96. The predicted octanol–water partition coefficient (Wildman–Crippen LogP) is 7.39. The molecule has 270 valence electrons. The Labute approximate surface area is 307 Å². The van der Waals surface area contributed by atoms with Crippen LogP contribution in [-0.2, 0) is 20.4 Å². The van der Waals surface area contributed by atoms with E-state index in [1.54, 1.807) is 0 Å². The van der Waals surface area contributed by atoms with Crippen LogP contribution in [-0.4, -0.2) is 81.9 Å². The minimum atomic E-state index is -1.82. The first kappa shape index (κ1) is 36.5. The second-order valence-electron chi connectivity index (χ2n) is 14.6. The van der Waals surface area contributed by atoms with Gasteiger partial charge >= 0.3 is 11.9 Å². The van der Waals surface area contributed by atoms with Gasteiger partial charge in [0.05, 0.1) is 13.1 Å². The average molecular weight is 699 g/mol. The Hall–Kier alpha value is -5.24. The lowest BCUT2D eigenvalue weighted by Crippen LogP contribution is -2.37. The maximum atomic E-state index is 9.10. The molecule has 0 radical (unpaired) electrons. The second-order valence-corrected chi connectivity index (χ2v) is 14.6. The van der Waals surface area contributed by atoms with Gasteiger partial charge in [0.2, 0.25) is 0 Å². The van der Waals surface area contributed by atoms with Gasteiger partial charge in [0, 0.05) is 47.8 Å². The number of carbonyl (C=O) groups is 2. The van der Waals surface area contributed by atoms with Gasteiger partial charge in [-0.15, -0.1) is 0 Å². The molecular weight excluding hydrogens is 649 g/mol. The van der Waals surface area contributed by atoms with Crippen LogP contribution in [0.15, 0.2) is 131 Å². The fourth-order valence-electron chi connectivity index (χ4n) is 8.32. The van der Waals surface area contributed by atoms with Crippen LogP contribution in [0.25, 0.3) is 0 Å². The van der Waals surface area contributed by atoms with Gasteiger partial charge in [0.1, 0.15) is 11.7 Å². The Morgan fingerprint density at radius 1 is 0.538 bits per heavy atom. The highest BCUT2D eigenvalue weighted by atomic mass is 16.4. The van der Waals surface area contributed by atoms with Crippen LogP contribution < -0.4 is 0 Å². The Bertz CT molecular complexity index is 1660. The van der Waals surface area contributed by atoms with E-state index in [1.807, 2.05) is 0 Å². The number of benzene rings is 4. The van der Waals surface area contributed by atoms with Crippen molar-refractivity contribution in [2.24, 2.45) is 21.8 Å². The molecule has 52 heavy (non-hydrogen) atoms. The number of amidine groups is 2. The minimum Gasteiger partial charge on any atom is -0.473 e. The molecule has 8 nitrogen and oxygen atoms in total. The molecule has 8 heteroatoms. The molecule has 8 rings (SSSR count). The summed E-state index contributed by atoms with van der Waals surface area (Å²) < 4.78 is 0. The third-order valence-electron chi connectivity index (χ3n) is 10.9. The summed E-state index contributed by atoms with van der Waals surface area (Å²) in [6.45, 7) is 13.1. The van der Waals surface area contributed by atoms with Crippen molar-refractivity contribution < 1.29 is 19.8 Å². The third kappa shape index (κ3) is 7.25. The summed E-state index contributed by atoms with van der Waals surface area (Å²) in [4.78, 5) is 33.0. The van der Waals surface area contributed by atoms with E-state index in [4.69, 9.17) is 29.8 Å². The Kier molecular flexibility index (Phi) is 10.9. The molecule has 2 heterocycles. The third-order valence-corrected chi connectivity index (χ3v) is 10.9. The maximum Gasteiger partial charge on any atom is 0.414 e. The number of rotatable bonds is 8. The first-order chi connectivity index (χ1) is 25.1. The van der Waals surface area contributed by atoms with Crippen molar-refractivity contribution in [1.29, 1.82) is 0 Å². The summed E-state index contributed by atoms with van der Waals surface area (Å²) in [5.41, 5.74) is 5.92. The van der Waals surface area contributed by atoms with Crippen molar-refractivity contribution in [1.82, 2.24) is 9.80 Å². The lowest BCUT2D eigenvalue weighted by Gasteiger charge is -2.27. The molecule has 2 aliphatic carbocycles. The number of aliphatic carboxylic acids is 2. The van der Waals surface area contributed by atoms with Crippen molar-refractivity contribution >= 4 is 23.6 Å². The lowest BCUT2D eigenvalue weighted by atomic mass is 9.85. The van der Waals surface area contributed by atoms with Crippen LogP contribution in [0.4, 0.5) is 0 Å². The highest BCUT2D eigenvalue weighted by Crippen LogP contribution is 2.61. The molecule has 2 aliphatic heterocycles. The Morgan fingerprint density at radius 2 is 0.808 bits per heavy atom. The van der Waals surface area contributed by atoms with Crippen LogP contribution in [0.3, 0.4) is 0 Å². The molecule has 0 spiro atoms. The quantitative estimate of drug-likeness (QED) is 0.186. The SMILES string of the molecule is CC(C)N1CCN=C1C1CC1(c1ccccc1)c1ccccc1.CC(C)N1CCN=C1C1CC1(c1ccccc1)c1ccccc1.O=C(O)C(=O)O. The van der Waals surface area contributed by atoms with E-state index in [1.165, 1.54) is 46.8 Å². The zero-order chi connectivity index (χ0) is 36.9. The molecule has 2 atom stereocenters. The second kappa shape index (κ2) is 15.6. The topological polar surface area (TPSA) is 106 Å². The monoisotopic (exact) mass is 698 g/mol. The van der Waals surface area contributed by atoms with Gasteiger partial charge in [-0.25, -0.2) is 9.59 Å². The van der Waals surface area contributed by atoms with Crippen LogP contribution in [0, 0.1) is 11.8 Å². The summed E-state index contributed by atoms with van der Waals surface area (Å²) in [6.07, 6.45) is 2.34. The molecule has 0 amide bonds. The van der Waals surface area contributed by atoms with Crippen molar-refractivity contribution in [3.63, 3.8) is 0 Å². The van der Waals surface area contributed by atoms with Crippen molar-refractivity contribution in [3.05, 3.63) is 144 Å². The number of hydrogen-bond donors (Lipinski definition) is 2. The zero-order valence-corrected chi connectivity index (χ0v) is 30.6. The Morgan fingerprint density at radius 3 is 1.04 bits per heavy atom. The maximum absolute atomic E-state index is 9.10. The fourth-order valence-corrected chi connectivity index (χ4v) is 8.32. The van der Waals surface area contributed by atoms with Crippen LogP contribution >= 0.6 is 0 Å². The summed E-state index contributed by atoms with van der Waals surface area (Å²) >= 11 is 0. The van der Waals surface area contributed by atoms with Crippen molar-refractivity contribution in [2.75, 3.05) is 26.2 Å². The molecule has 4 aromatic rings. The standard InChI is InChI=1S/2C21H24N2.C2H2O4/c2*1-16(2)23-14-13-22-20(23)19-15-21(19,17-9-5-3-6-10-17)18-11-7-4-8-12-18;3-1(4)2(5)6/h2*3-12,16,19H,13-15H2,1-2H3;(H,3,4)(H,5,6). The van der Waals surface area contributed by atoms with Crippen molar-refractivity contribution in [3.8, 4) is 0 Å². The van der Waals surface area contributed by atoms with Gasteiger partial charge < -0.3 is 20.0 Å². The number of aliphatic imine (C=N–C) groups is 2. The van der Waals surface area contributed by atoms with Gasteiger partial charge in [-0.3, -0.25) is 9.98 Å². The van der Waals surface area contributed by atoms with E-state index >= 15 is 0 Å². The number of carboxylic acid groups (broad SMARTS) is 2. The summed E-state index contributed by atoms with van der Waals surface area (Å²) in [6, 6.07) is 45.0. The molecule has 2 N–H and O–H groups in total. The number of hydrogen-bond acceptors (Lipinski definition) is 6. The van der Waals surface area contributed by atoms with E-state index in [-0.39, 0.29) is 10.8 Å². The van der Waals surface area contributed by atoms with Crippen LogP contribution in [0.2, 0.25) is 0 Å². The van der Waals surface area contributed by atoms with E-state index in [2.05, 4.69) is 159 Å². The fraction of sp³-hybridized carbons (Fsp3) is 0.364. The molecule has 0 aromatic heterocycles. The number of nitrogens with zero attached hydrogens (tertiary/aromatic N) is 4. The lowest BCUT2D eigenvalue weighted by molar-refractivity contribution is -0.159. The molecule has 0 bridgehead atoms.